The predicted octanol–water partition coefficient (Wildman–Crippen LogP) is 4.29. The number of halogens is 3. The summed E-state index contributed by atoms with van der Waals surface area (Å²) >= 11 is 1.39. The minimum Gasteiger partial charge on any atom is -0.380 e. The lowest BCUT2D eigenvalue weighted by atomic mass is 10.0. The summed E-state index contributed by atoms with van der Waals surface area (Å²) < 4.78 is 41.3. The summed E-state index contributed by atoms with van der Waals surface area (Å²) in [6, 6.07) is 8.89. The smallest absolute Gasteiger partial charge is 0.380 e. The van der Waals surface area contributed by atoms with Crippen molar-refractivity contribution in [1.82, 2.24) is 4.90 Å². The Bertz CT molecular complexity index is 1040. The lowest BCUT2D eigenvalue weighted by molar-refractivity contribution is -0.137. The van der Waals surface area contributed by atoms with E-state index in [2.05, 4.69) is 32.6 Å². The largest absolute Gasteiger partial charge is 0.416 e. The van der Waals surface area contributed by atoms with Crippen molar-refractivity contribution >= 4 is 34.5 Å². The molecule has 6 nitrogen and oxygen atoms in total. The van der Waals surface area contributed by atoms with Crippen LogP contribution in [0.4, 0.5) is 35.9 Å². The minimum absolute atomic E-state index is 0.122. The molecule has 10 heteroatoms. The number of fused-ring (bicyclic) bond motifs is 2. The van der Waals surface area contributed by atoms with E-state index in [0.29, 0.717) is 22.8 Å². The lowest BCUT2D eigenvalue weighted by Crippen LogP contribution is -2.41. The maximum Gasteiger partial charge on any atom is 0.416 e. The fourth-order valence-corrected chi connectivity index (χ4v) is 6.07. The second kappa shape index (κ2) is 9.49. The van der Waals surface area contributed by atoms with Crippen LogP contribution in [0.2, 0.25) is 0 Å². The molecule has 2 aromatic carbocycles. The van der Waals surface area contributed by atoms with E-state index in [9.17, 15) is 13.2 Å². The van der Waals surface area contributed by atoms with Gasteiger partial charge in [0, 0.05) is 66.8 Å². The summed E-state index contributed by atoms with van der Waals surface area (Å²) in [5.41, 5.74) is 14.3. The Morgan fingerprint density at radius 1 is 1.06 bits per heavy atom. The molecule has 0 bridgehead atoms. The van der Waals surface area contributed by atoms with E-state index in [-0.39, 0.29) is 12.1 Å². The molecule has 3 aliphatic rings. The number of benzene rings is 2. The number of nitrogens with two attached hydrogens (primary N) is 2. The average Bonchev–Trinajstić information content (AvgIpc) is 3.24. The van der Waals surface area contributed by atoms with Crippen molar-refractivity contribution in [1.29, 1.82) is 0 Å². The monoisotopic (exact) mass is 492 g/mol. The van der Waals surface area contributed by atoms with Crippen LogP contribution in [-0.4, -0.2) is 56.3 Å². The fourth-order valence-electron chi connectivity index (χ4n) is 4.98. The molecular formula is C24H31F3N6S. The minimum atomic E-state index is -4.41. The Kier molecular flexibility index (Phi) is 6.58. The molecule has 0 spiro atoms. The predicted molar refractivity (Wildman–Crippen MR) is 132 cm³/mol. The third-order valence-corrected chi connectivity index (χ3v) is 7.96. The van der Waals surface area contributed by atoms with Crippen molar-refractivity contribution in [2.24, 2.45) is 11.5 Å². The summed E-state index contributed by atoms with van der Waals surface area (Å²) in [5.74, 6) is 0. The molecule has 6 N–H and O–H groups in total. The van der Waals surface area contributed by atoms with Crippen LogP contribution < -0.4 is 27.0 Å². The molecule has 34 heavy (non-hydrogen) atoms. The van der Waals surface area contributed by atoms with Gasteiger partial charge in [-0.3, -0.25) is 0 Å². The van der Waals surface area contributed by atoms with Crippen molar-refractivity contribution in [3.8, 4) is 0 Å². The molecule has 5 rings (SSSR count). The fraction of sp³-hybridized carbons (Fsp3) is 0.500. The highest BCUT2D eigenvalue weighted by Gasteiger charge is 2.34. The highest BCUT2D eigenvalue weighted by Crippen LogP contribution is 2.50. The Morgan fingerprint density at radius 2 is 1.85 bits per heavy atom. The van der Waals surface area contributed by atoms with Gasteiger partial charge in [-0.25, -0.2) is 0 Å². The standard InChI is InChI=1S/C24H31F3N6S/c25-24(26,27)15-11-20(30-17-4-7-32(8-5-17)10-6-28)23-22(12-15)34-21-13-18(1-2-19(21)31-23)33-9-3-16(29)14-33/h1-2,11-13,16-17,30-31H,3-10,14,28-29H2. The number of alkyl halides is 3. The van der Waals surface area contributed by atoms with E-state index in [1.54, 1.807) is 0 Å². The molecule has 0 saturated carbocycles. The van der Waals surface area contributed by atoms with E-state index < -0.39 is 11.7 Å². The number of piperidine rings is 1. The Hall–Kier alpha value is -2.14. The summed E-state index contributed by atoms with van der Waals surface area (Å²) in [4.78, 5) is 6.04. The van der Waals surface area contributed by atoms with Crippen LogP contribution in [0.3, 0.4) is 0 Å². The number of likely N-dealkylation sites (tertiary alicyclic amines) is 1. The van der Waals surface area contributed by atoms with Gasteiger partial charge >= 0.3 is 6.18 Å². The normalized spacial score (nSPS) is 21.2. The van der Waals surface area contributed by atoms with E-state index in [4.69, 9.17) is 11.5 Å². The first-order chi connectivity index (χ1) is 16.3. The number of anilines is 4. The number of nitrogens with one attached hydrogen (secondary N) is 2. The summed E-state index contributed by atoms with van der Waals surface area (Å²) in [7, 11) is 0. The highest BCUT2D eigenvalue weighted by atomic mass is 32.2. The van der Waals surface area contributed by atoms with Crippen LogP contribution in [0.1, 0.15) is 24.8 Å². The Labute approximate surface area is 202 Å². The molecule has 2 saturated heterocycles. The van der Waals surface area contributed by atoms with E-state index >= 15 is 0 Å². The number of hydrogen-bond donors (Lipinski definition) is 4. The van der Waals surface area contributed by atoms with Crippen LogP contribution in [0.25, 0.3) is 0 Å². The number of rotatable bonds is 5. The zero-order chi connectivity index (χ0) is 23.9. The third kappa shape index (κ3) is 4.95. The molecule has 1 unspecified atom stereocenters. The lowest BCUT2D eigenvalue weighted by Gasteiger charge is -2.34. The van der Waals surface area contributed by atoms with Crippen molar-refractivity contribution in [2.75, 3.05) is 54.8 Å². The van der Waals surface area contributed by atoms with Gasteiger partial charge in [0.15, 0.2) is 0 Å². The SMILES string of the molecule is NCCN1CCC(Nc2cc(C(F)(F)F)cc3c2Nc2ccc(N4CCC(N)C4)cc2S3)CC1. The quantitative estimate of drug-likeness (QED) is 0.423. The van der Waals surface area contributed by atoms with Gasteiger partial charge in [-0.05, 0) is 49.6 Å². The van der Waals surface area contributed by atoms with Gasteiger partial charge in [-0.2, -0.15) is 13.2 Å². The number of nitrogens with zero attached hydrogens (tertiary/aromatic N) is 2. The van der Waals surface area contributed by atoms with Crippen LogP contribution in [0, 0.1) is 0 Å². The van der Waals surface area contributed by atoms with E-state index in [1.807, 2.05) is 6.07 Å². The van der Waals surface area contributed by atoms with Crippen LogP contribution in [-0.2, 0) is 6.18 Å². The van der Waals surface area contributed by atoms with Gasteiger partial charge in [0.2, 0.25) is 0 Å². The first-order valence-electron chi connectivity index (χ1n) is 11.8. The van der Waals surface area contributed by atoms with Gasteiger partial charge in [0.25, 0.3) is 0 Å². The third-order valence-electron chi connectivity index (χ3n) is 6.86. The second-order valence-electron chi connectivity index (χ2n) is 9.35. The van der Waals surface area contributed by atoms with Crippen LogP contribution in [0.15, 0.2) is 40.1 Å². The topological polar surface area (TPSA) is 82.6 Å². The van der Waals surface area contributed by atoms with Crippen molar-refractivity contribution in [3.63, 3.8) is 0 Å². The van der Waals surface area contributed by atoms with Crippen LogP contribution in [0.5, 0.6) is 0 Å². The molecule has 2 aromatic rings. The summed E-state index contributed by atoms with van der Waals surface area (Å²) in [6.07, 6.45) is -1.73. The zero-order valence-electron chi connectivity index (χ0n) is 19.0. The number of hydrogen-bond acceptors (Lipinski definition) is 7. The van der Waals surface area contributed by atoms with E-state index in [0.717, 1.165) is 68.3 Å². The molecule has 1 atom stereocenters. The van der Waals surface area contributed by atoms with Crippen molar-refractivity contribution in [3.05, 3.63) is 35.9 Å². The summed E-state index contributed by atoms with van der Waals surface area (Å²) in [6.45, 7) is 4.95. The maximum atomic E-state index is 13.8. The van der Waals surface area contributed by atoms with Gasteiger partial charge < -0.3 is 31.9 Å². The van der Waals surface area contributed by atoms with Gasteiger partial charge in [-0.1, -0.05) is 11.8 Å². The van der Waals surface area contributed by atoms with Crippen LogP contribution >= 0.6 is 11.8 Å². The van der Waals surface area contributed by atoms with Crippen molar-refractivity contribution < 1.29 is 13.2 Å². The molecule has 3 heterocycles. The highest BCUT2D eigenvalue weighted by molar-refractivity contribution is 7.99. The molecule has 2 fully saturated rings. The zero-order valence-corrected chi connectivity index (χ0v) is 19.8. The Morgan fingerprint density at radius 3 is 2.53 bits per heavy atom. The molecule has 0 aromatic heterocycles. The maximum absolute atomic E-state index is 13.8. The van der Waals surface area contributed by atoms with Crippen molar-refractivity contribution in [2.45, 2.75) is 47.3 Å². The molecule has 3 aliphatic heterocycles. The van der Waals surface area contributed by atoms with Gasteiger partial charge in [0.1, 0.15) is 0 Å². The molecule has 0 aliphatic carbocycles. The van der Waals surface area contributed by atoms with E-state index in [1.165, 1.54) is 23.9 Å². The first-order valence-corrected chi connectivity index (χ1v) is 12.7. The van der Waals surface area contributed by atoms with Gasteiger partial charge in [-0.15, -0.1) is 0 Å². The summed E-state index contributed by atoms with van der Waals surface area (Å²) in [5, 5.41) is 6.83. The first kappa shape index (κ1) is 23.6. The molecular weight excluding hydrogens is 461 g/mol. The Balaban J connectivity index is 1.41. The van der Waals surface area contributed by atoms with Gasteiger partial charge in [0.05, 0.1) is 22.6 Å². The molecule has 184 valence electrons. The molecule has 0 amide bonds. The molecule has 0 radical (unpaired) electrons. The average molecular weight is 493 g/mol. The second-order valence-corrected chi connectivity index (χ2v) is 10.4.